The number of Topliss-reactive ketones (excluding diaryl/α,β-unsaturated/α-hetero) is 1. The Bertz CT molecular complexity index is 1010. The lowest BCUT2D eigenvalue weighted by Gasteiger charge is -2.07. The third kappa shape index (κ3) is 2.68. The van der Waals surface area contributed by atoms with Crippen molar-refractivity contribution in [3.63, 3.8) is 0 Å². The Kier molecular flexibility index (Phi) is 3.61. The molecule has 116 valence electrons. The fraction of sp³-hybridized carbons (Fsp3) is 0.0588. The second-order valence-corrected chi connectivity index (χ2v) is 7.03. The third-order valence-corrected chi connectivity index (χ3v) is 5.23. The van der Waals surface area contributed by atoms with Gasteiger partial charge in [0.05, 0.1) is 15.3 Å². The minimum atomic E-state index is -3.65. The van der Waals surface area contributed by atoms with Gasteiger partial charge in [-0.3, -0.25) is 4.79 Å². The van der Waals surface area contributed by atoms with Gasteiger partial charge < -0.3 is 5.11 Å². The fourth-order valence-electron chi connectivity index (χ4n) is 2.31. The van der Waals surface area contributed by atoms with Gasteiger partial charge in [-0.1, -0.05) is 18.2 Å². The van der Waals surface area contributed by atoms with E-state index in [1.54, 1.807) is 18.2 Å². The van der Waals surface area contributed by atoms with Crippen LogP contribution in [0.15, 0.2) is 64.4 Å². The molecule has 0 spiro atoms. The Balaban J connectivity index is 2.18. The van der Waals surface area contributed by atoms with Gasteiger partial charge >= 0.3 is 0 Å². The Morgan fingerprint density at radius 3 is 2.35 bits per heavy atom. The molecule has 3 rings (SSSR count). The summed E-state index contributed by atoms with van der Waals surface area (Å²) in [7, 11) is -3.65. The smallest absolute Gasteiger partial charge is 0.206 e. The summed E-state index contributed by atoms with van der Waals surface area (Å²) in [6.45, 7) is 1.31. The van der Waals surface area contributed by atoms with Crippen LogP contribution in [0.3, 0.4) is 0 Å². The second-order valence-electron chi connectivity index (χ2n) is 5.08. The molecule has 2 aromatic carbocycles. The van der Waals surface area contributed by atoms with Gasteiger partial charge in [-0.25, -0.2) is 13.4 Å². The average Bonchev–Trinajstić information content (AvgIpc) is 2.54. The number of hydrogen-bond acceptors (Lipinski definition) is 5. The van der Waals surface area contributed by atoms with E-state index >= 15 is 0 Å². The molecule has 6 heteroatoms. The molecule has 0 fully saturated rings. The molecule has 1 heterocycles. The monoisotopic (exact) mass is 327 g/mol. The topological polar surface area (TPSA) is 84.3 Å². The van der Waals surface area contributed by atoms with Crippen LogP contribution in [0.1, 0.15) is 17.4 Å². The zero-order valence-corrected chi connectivity index (χ0v) is 13.0. The van der Waals surface area contributed by atoms with E-state index < -0.39 is 9.84 Å². The van der Waals surface area contributed by atoms with E-state index in [0.717, 1.165) is 0 Å². The largest absolute Gasteiger partial charge is 0.506 e. The number of carbonyl (C=O) groups is 1. The normalized spacial score (nSPS) is 11.5. The van der Waals surface area contributed by atoms with Crippen molar-refractivity contribution in [1.82, 2.24) is 4.98 Å². The van der Waals surface area contributed by atoms with Crippen molar-refractivity contribution in [2.45, 2.75) is 16.7 Å². The number of rotatable bonds is 3. The van der Waals surface area contributed by atoms with Crippen LogP contribution >= 0.6 is 0 Å². The number of sulfone groups is 1. The molecule has 1 aromatic heterocycles. The Labute approximate surface area is 133 Å². The predicted molar refractivity (Wildman–Crippen MR) is 85.3 cm³/mol. The average molecular weight is 327 g/mol. The van der Waals surface area contributed by atoms with Crippen molar-refractivity contribution in [3.8, 4) is 5.75 Å². The summed E-state index contributed by atoms with van der Waals surface area (Å²) in [6, 6.07) is 13.8. The summed E-state index contributed by atoms with van der Waals surface area (Å²) in [6.07, 6.45) is 0. The van der Waals surface area contributed by atoms with Gasteiger partial charge in [0, 0.05) is 12.3 Å². The molecular weight excluding hydrogens is 314 g/mol. The Morgan fingerprint density at radius 2 is 1.70 bits per heavy atom. The van der Waals surface area contributed by atoms with E-state index in [9.17, 15) is 18.3 Å². The highest BCUT2D eigenvalue weighted by Crippen LogP contribution is 2.27. The summed E-state index contributed by atoms with van der Waals surface area (Å²) >= 11 is 0. The molecule has 23 heavy (non-hydrogen) atoms. The molecular formula is C17H13NO4S. The van der Waals surface area contributed by atoms with E-state index in [0.29, 0.717) is 10.9 Å². The van der Waals surface area contributed by atoms with Gasteiger partial charge in [0.2, 0.25) is 9.84 Å². The van der Waals surface area contributed by atoms with Crippen LogP contribution in [0.5, 0.6) is 5.75 Å². The van der Waals surface area contributed by atoms with Crippen LogP contribution in [-0.2, 0) is 9.84 Å². The maximum absolute atomic E-state index is 12.6. The van der Waals surface area contributed by atoms with Gasteiger partial charge in [-0.15, -0.1) is 0 Å². The maximum atomic E-state index is 12.6. The standard InChI is InChI=1S/C17H13NO4S/c1-11(19)17-16(20)10-12-9-14(7-8-15(12)18-17)23(21,22)13-5-3-2-4-6-13/h2-10,20H,1H3. The SMILES string of the molecule is CC(=O)c1nc2ccc(S(=O)(=O)c3ccccc3)cc2cc1O. The van der Waals surface area contributed by atoms with Crippen LogP contribution in [0.4, 0.5) is 0 Å². The number of aromatic nitrogens is 1. The van der Waals surface area contributed by atoms with Crippen molar-refractivity contribution in [2.75, 3.05) is 0 Å². The summed E-state index contributed by atoms with van der Waals surface area (Å²) in [5.41, 5.74) is 0.413. The first-order chi connectivity index (χ1) is 10.9. The van der Waals surface area contributed by atoms with Gasteiger partial charge in [0.25, 0.3) is 0 Å². The Morgan fingerprint density at radius 1 is 1.00 bits per heavy atom. The van der Waals surface area contributed by atoms with E-state index in [2.05, 4.69) is 4.98 Å². The number of carbonyl (C=O) groups excluding carboxylic acids is 1. The maximum Gasteiger partial charge on any atom is 0.206 e. The molecule has 0 aliphatic rings. The summed E-state index contributed by atoms with van der Waals surface area (Å²) < 4.78 is 25.2. The molecule has 1 N–H and O–H groups in total. The quantitative estimate of drug-likeness (QED) is 0.748. The van der Waals surface area contributed by atoms with Gasteiger partial charge in [0.1, 0.15) is 11.4 Å². The summed E-state index contributed by atoms with van der Waals surface area (Å²) in [5.74, 6) is -0.621. The number of pyridine rings is 1. The zero-order chi connectivity index (χ0) is 16.6. The molecule has 0 amide bonds. The first-order valence-corrected chi connectivity index (χ1v) is 8.33. The van der Waals surface area contributed by atoms with Crippen LogP contribution in [-0.4, -0.2) is 24.3 Å². The molecule has 0 aliphatic heterocycles. The molecule has 0 saturated carbocycles. The van der Waals surface area contributed by atoms with Crippen molar-refractivity contribution in [2.24, 2.45) is 0 Å². The molecule has 5 nitrogen and oxygen atoms in total. The van der Waals surface area contributed by atoms with Crippen molar-refractivity contribution in [3.05, 3.63) is 60.3 Å². The van der Waals surface area contributed by atoms with Crippen LogP contribution in [0, 0.1) is 0 Å². The van der Waals surface area contributed by atoms with Crippen LogP contribution in [0.25, 0.3) is 10.9 Å². The molecule has 0 aliphatic carbocycles. The molecule has 0 radical (unpaired) electrons. The van der Waals surface area contributed by atoms with Crippen LogP contribution in [0.2, 0.25) is 0 Å². The van der Waals surface area contributed by atoms with E-state index in [4.69, 9.17) is 0 Å². The number of benzene rings is 2. The molecule has 0 bridgehead atoms. The van der Waals surface area contributed by atoms with Gasteiger partial charge in [-0.05, 0) is 36.4 Å². The number of hydrogen-bond donors (Lipinski definition) is 1. The zero-order valence-electron chi connectivity index (χ0n) is 12.2. The highest BCUT2D eigenvalue weighted by Gasteiger charge is 2.18. The lowest BCUT2D eigenvalue weighted by atomic mass is 10.1. The number of fused-ring (bicyclic) bond motifs is 1. The van der Waals surface area contributed by atoms with Gasteiger partial charge in [-0.2, -0.15) is 0 Å². The highest BCUT2D eigenvalue weighted by molar-refractivity contribution is 7.91. The lowest BCUT2D eigenvalue weighted by Crippen LogP contribution is -2.02. The van der Waals surface area contributed by atoms with Gasteiger partial charge in [0.15, 0.2) is 5.78 Å². The summed E-state index contributed by atoms with van der Waals surface area (Å²) in [4.78, 5) is 15.8. The number of ketones is 1. The first kappa shape index (κ1) is 15.2. The molecule has 0 atom stereocenters. The van der Waals surface area contributed by atoms with E-state index in [1.807, 2.05) is 0 Å². The highest BCUT2D eigenvalue weighted by atomic mass is 32.2. The van der Waals surface area contributed by atoms with Crippen molar-refractivity contribution < 1.29 is 18.3 Å². The van der Waals surface area contributed by atoms with Crippen molar-refractivity contribution in [1.29, 1.82) is 0 Å². The number of nitrogens with zero attached hydrogens (tertiary/aromatic N) is 1. The number of aromatic hydroxyl groups is 1. The fourth-order valence-corrected chi connectivity index (χ4v) is 3.62. The van der Waals surface area contributed by atoms with E-state index in [-0.39, 0.29) is 27.0 Å². The minimum absolute atomic E-state index is 0.0313. The predicted octanol–water partition coefficient (Wildman–Crippen LogP) is 2.98. The third-order valence-electron chi connectivity index (χ3n) is 3.46. The van der Waals surface area contributed by atoms with Crippen molar-refractivity contribution >= 4 is 26.5 Å². The first-order valence-electron chi connectivity index (χ1n) is 6.84. The van der Waals surface area contributed by atoms with E-state index in [1.165, 1.54) is 43.3 Å². The lowest BCUT2D eigenvalue weighted by molar-refractivity contribution is 0.101. The Hall–Kier alpha value is -2.73. The summed E-state index contributed by atoms with van der Waals surface area (Å²) in [5, 5.41) is 10.3. The molecule has 0 unspecified atom stereocenters. The molecule has 3 aromatic rings. The second kappa shape index (κ2) is 5.48. The van der Waals surface area contributed by atoms with Crippen LogP contribution < -0.4 is 0 Å². The molecule has 0 saturated heterocycles. The minimum Gasteiger partial charge on any atom is -0.506 e.